The zero-order valence-electron chi connectivity index (χ0n) is 12.3. The Morgan fingerprint density at radius 1 is 1.15 bits per heavy atom. The lowest BCUT2D eigenvalue weighted by Gasteiger charge is -2.26. The molecule has 5 nitrogen and oxygen atoms in total. The van der Waals surface area contributed by atoms with E-state index in [2.05, 4.69) is 27.1 Å². The van der Waals surface area contributed by atoms with Crippen molar-refractivity contribution < 1.29 is 4.74 Å². The Morgan fingerprint density at radius 2 is 1.90 bits per heavy atom. The highest BCUT2D eigenvalue weighted by atomic mass is 16.5. The molecule has 0 N–H and O–H groups in total. The fourth-order valence-electron chi connectivity index (χ4n) is 3.05. The first-order valence-corrected chi connectivity index (χ1v) is 7.75. The van der Waals surface area contributed by atoms with Gasteiger partial charge in [0.2, 0.25) is 5.95 Å². The second-order valence-corrected chi connectivity index (χ2v) is 5.75. The first kappa shape index (κ1) is 13.6. The maximum Gasteiger partial charge on any atom is 0.224 e. The van der Waals surface area contributed by atoms with Crippen LogP contribution in [0.5, 0.6) is 0 Å². The highest BCUT2D eigenvalue weighted by Crippen LogP contribution is 2.25. The van der Waals surface area contributed by atoms with Gasteiger partial charge in [0.25, 0.3) is 0 Å². The van der Waals surface area contributed by atoms with Crippen LogP contribution in [-0.2, 0) is 11.8 Å². The summed E-state index contributed by atoms with van der Waals surface area (Å²) in [4.78, 5) is 6.90. The molecule has 0 atom stereocenters. The van der Waals surface area contributed by atoms with Gasteiger partial charge in [0, 0.05) is 20.1 Å². The maximum absolute atomic E-state index is 5.38. The van der Waals surface area contributed by atoms with E-state index in [0.29, 0.717) is 0 Å². The molecule has 1 saturated heterocycles. The number of allylic oxidation sites excluding steroid dienone is 1. The van der Waals surface area contributed by atoms with E-state index in [1.165, 1.54) is 32.1 Å². The van der Waals surface area contributed by atoms with Gasteiger partial charge < -0.3 is 9.64 Å². The van der Waals surface area contributed by atoms with Gasteiger partial charge in [-0.3, -0.25) is 0 Å². The van der Waals surface area contributed by atoms with E-state index in [4.69, 9.17) is 4.74 Å². The molecule has 0 aromatic carbocycles. The molecule has 0 radical (unpaired) electrons. The summed E-state index contributed by atoms with van der Waals surface area (Å²) in [5.41, 5.74) is 0. The SMILES string of the molecule is Cn1nc(C=CC2CCCCC2)nc1N1CCOCC1. The summed E-state index contributed by atoms with van der Waals surface area (Å²) in [6.45, 7) is 3.36. The first-order chi connectivity index (χ1) is 9.83. The number of nitrogens with zero attached hydrogens (tertiary/aromatic N) is 4. The summed E-state index contributed by atoms with van der Waals surface area (Å²) in [5.74, 6) is 2.51. The molecule has 1 aliphatic carbocycles. The maximum atomic E-state index is 5.38. The number of anilines is 1. The minimum Gasteiger partial charge on any atom is -0.378 e. The minimum atomic E-state index is 0.722. The van der Waals surface area contributed by atoms with E-state index in [9.17, 15) is 0 Å². The van der Waals surface area contributed by atoms with E-state index in [-0.39, 0.29) is 0 Å². The molecule has 1 aromatic heterocycles. The van der Waals surface area contributed by atoms with Crippen LogP contribution in [0.25, 0.3) is 6.08 Å². The van der Waals surface area contributed by atoms with Gasteiger partial charge in [-0.15, -0.1) is 0 Å². The molecule has 0 amide bonds. The molecule has 3 rings (SSSR count). The summed E-state index contributed by atoms with van der Waals surface area (Å²) >= 11 is 0. The molecule has 110 valence electrons. The molecule has 20 heavy (non-hydrogen) atoms. The van der Waals surface area contributed by atoms with Crippen LogP contribution in [0.1, 0.15) is 37.9 Å². The van der Waals surface area contributed by atoms with Crippen molar-refractivity contribution in [3.63, 3.8) is 0 Å². The lowest BCUT2D eigenvalue weighted by atomic mass is 9.89. The summed E-state index contributed by atoms with van der Waals surface area (Å²) < 4.78 is 7.26. The molecule has 0 spiro atoms. The fraction of sp³-hybridized carbons (Fsp3) is 0.733. The van der Waals surface area contributed by atoms with Crippen LogP contribution < -0.4 is 4.90 Å². The summed E-state index contributed by atoms with van der Waals surface area (Å²) in [7, 11) is 1.97. The lowest BCUT2D eigenvalue weighted by Crippen LogP contribution is -2.37. The van der Waals surface area contributed by atoms with Crippen molar-refractivity contribution in [2.24, 2.45) is 13.0 Å². The number of hydrogen-bond donors (Lipinski definition) is 0. The molecule has 0 unspecified atom stereocenters. The van der Waals surface area contributed by atoms with Gasteiger partial charge in [-0.2, -0.15) is 10.1 Å². The Morgan fingerprint density at radius 3 is 2.65 bits per heavy atom. The Bertz CT molecular complexity index is 456. The van der Waals surface area contributed by atoms with Gasteiger partial charge in [-0.25, -0.2) is 4.68 Å². The largest absolute Gasteiger partial charge is 0.378 e. The second-order valence-electron chi connectivity index (χ2n) is 5.75. The van der Waals surface area contributed by atoms with Crippen molar-refractivity contribution >= 4 is 12.0 Å². The molecular formula is C15H24N4O. The van der Waals surface area contributed by atoms with Gasteiger partial charge in [-0.05, 0) is 24.8 Å². The zero-order chi connectivity index (χ0) is 13.8. The molecule has 2 heterocycles. The number of hydrogen-bond acceptors (Lipinski definition) is 4. The molecule has 1 aromatic rings. The predicted octanol–water partition coefficient (Wildman–Crippen LogP) is 2.25. The Balaban J connectivity index is 1.66. The molecular weight excluding hydrogens is 252 g/mol. The number of ether oxygens (including phenoxy) is 1. The van der Waals surface area contributed by atoms with E-state index in [1.807, 2.05) is 11.7 Å². The molecule has 2 fully saturated rings. The van der Waals surface area contributed by atoms with Crippen molar-refractivity contribution in [2.75, 3.05) is 31.2 Å². The Hall–Kier alpha value is -1.36. The number of morpholine rings is 1. The Labute approximate surface area is 120 Å². The monoisotopic (exact) mass is 276 g/mol. The van der Waals surface area contributed by atoms with E-state index < -0.39 is 0 Å². The smallest absolute Gasteiger partial charge is 0.224 e. The van der Waals surface area contributed by atoms with Gasteiger partial charge in [0.15, 0.2) is 5.82 Å². The van der Waals surface area contributed by atoms with Crippen LogP contribution in [0.15, 0.2) is 6.08 Å². The first-order valence-electron chi connectivity index (χ1n) is 7.75. The third-order valence-electron chi connectivity index (χ3n) is 4.22. The van der Waals surface area contributed by atoms with E-state index in [0.717, 1.165) is 44.0 Å². The number of aromatic nitrogens is 3. The molecule has 1 saturated carbocycles. The van der Waals surface area contributed by atoms with Crippen molar-refractivity contribution in [1.29, 1.82) is 0 Å². The zero-order valence-corrected chi connectivity index (χ0v) is 12.3. The van der Waals surface area contributed by atoms with Crippen LogP contribution in [0.3, 0.4) is 0 Å². The molecule has 0 bridgehead atoms. The van der Waals surface area contributed by atoms with Crippen molar-refractivity contribution in [3.05, 3.63) is 11.9 Å². The van der Waals surface area contributed by atoms with Gasteiger partial charge >= 0.3 is 0 Å². The van der Waals surface area contributed by atoms with Crippen molar-refractivity contribution in [3.8, 4) is 0 Å². The van der Waals surface area contributed by atoms with Crippen LogP contribution in [0, 0.1) is 5.92 Å². The summed E-state index contributed by atoms with van der Waals surface area (Å²) in [5, 5.41) is 4.51. The Kier molecular flexibility index (Phi) is 4.35. The topological polar surface area (TPSA) is 43.2 Å². The molecule has 5 heteroatoms. The quantitative estimate of drug-likeness (QED) is 0.849. The van der Waals surface area contributed by atoms with Crippen molar-refractivity contribution in [2.45, 2.75) is 32.1 Å². The van der Waals surface area contributed by atoms with Crippen molar-refractivity contribution in [1.82, 2.24) is 14.8 Å². The van der Waals surface area contributed by atoms with Crippen LogP contribution >= 0.6 is 0 Å². The van der Waals surface area contributed by atoms with Gasteiger partial charge in [-0.1, -0.05) is 25.3 Å². The van der Waals surface area contributed by atoms with E-state index >= 15 is 0 Å². The summed E-state index contributed by atoms with van der Waals surface area (Å²) in [6.07, 6.45) is 11.2. The second kappa shape index (κ2) is 6.39. The van der Waals surface area contributed by atoms with Gasteiger partial charge in [0.1, 0.15) is 0 Å². The number of rotatable bonds is 3. The lowest BCUT2D eigenvalue weighted by molar-refractivity contribution is 0.121. The van der Waals surface area contributed by atoms with Gasteiger partial charge in [0.05, 0.1) is 13.2 Å². The summed E-state index contributed by atoms with van der Waals surface area (Å²) in [6, 6.07) is 0. The fourth-order valence-corrected chi connectivity index (χ4v) is 3.05. The molecule has 1 aliphatic heterocycles. The van der Waals surface area contributed by atoms with E-state index in [1.54, 1.807) is 0 Å². The van der Waals surface area contributed by atoms with Crippen LogP contribution in [0.4, 0.5) is 5.95 Å². The highest BCUT2D eigenvalue weighted by molar-refractivity contribution is 5.44. The van der Waals surface area contributed by atoms with Crippen LogP contribution in [-0.4, -0.2) is 41.1 Å². The predicted molar refractivity (Wildman–Crippen MR) is 79.6 cm³/mol. The third-order valence-corrected chi connectivity index (χ3v) is 4.22. The molecule has 2 aliphatic rings. The standard InChI is InChI=1S/C15H24N4O/c1-18-15(19-9-11-20-12-10-19)16-14(17-18)8-7-13-5-3-2-4-6-13/h7-8,13H,2-6,9-12H2,1H3. The minimum absolute atomic E-state index is 0.722. The average Bonchev–Trinajstić information content (AvgIpc) is 2.88. The van der Waals surface area contributed by atoms with Crippen LogP contribution in [0.2, 0.25) is 0 Å². The third kappa shape index (κ3) is 3.20. The number of aryl methyl sites for hydroxylation is 1. The normalized spacial score (nSPS) is 21.8. The highest BCUT2D eigenvalue weighted by Gasteiger charge is 2.17. The average molecular weight is 276 g/mol.